The quantitative estimate of drug-likeness (QED) is 0.453. The number of aliphatic carboxylic acids is 1. The van der Waals surface area contributed by atoms with Crippen molar-refractivity contribution >= 4 is 11.9 Å². The van der Waals surface area contributed by atoms with Crippen LogP contribution in [0.15, 0.2) is 0 Å². The molecule has 14 heteroatoms. The van der Waals surface area contributed by atoms with Crippen molar-refractivity contribution in [3.05, 3.63) is 0 Å². The maximum absolute atomic E-state index is 11.6. The first kappa shape index (κ1) is 28.5. The molecule has 2 bridgehead atoms. The highest BCUT2D eigenvalue weighted by molar-refractivity contribution is 5.74. The van der Waals surface area contributed by atoms with Gasteiger partial charge in [0.05, 0.1) is 19.1 Å². The number of carboxylic acid groups (broad SMARTS) is 1. The van der Waals surface area contributed by atoms with Crippen LogP contribution in [-0.2, 0) is 47.5 Å². The van der Waals surface area contributed by atoms with E-state index in [0.29, 0.717) is 6.42 Å². The Morgan fingerprint density at radius 3 is 1.78 bits per heavy atom. The number of ether oxygens (including phenoxy) is 8. The van der Waals surface area contributed by atoms with E-state index in [4.69, 9.17) is 47.8 Å². The molecule has 3 aliphatic heterocycles. The lowest BCUT2D eigenvalue weighted by Gasteiger charge is -2.24. The average Bonchev–Trinajstić information content (AvgIpc) is 3.43. The first-order valence-electron chi connectivity index (χ1n) is 9.30. The fraction of sp³-hybridized carbons (Fsp3) is 0.889. The molecule has 0 amide bonds. The van der Waals surface area contributed by atoms with Gasteiger partial charge in [0, 0.05) is 42.3 Å². The molecule has 0 aliphatic carbocycles. The van der Waals surface area contributed by atoms with E-state index < -0.39 is 24.1 Å². The van der Waals surface area contributed by atoms with Gasteiger partial charge in [-0.15, -0.1) is 0 Å². The molecular weight excluding hydrogens is 449 g/mol. The fourth-order valence-electron chi connectivity index (χ4n) is 3.18. The van der Waals surface area contributed by atoms with Gasteiger partial charge in [-0.05, 0) is 6.42 Å². The number of hydrogen-bond donors (Lipinski definition) is 1. The number of rotatable bonds is 5. The number of fused-ring (bicyclic) bond motifs is 5. The minimum atomic E-state index is -5.08. The molecule has 0 saturated carbocycles. The molecule has 0 aromatic carbocycles. The van der Waals surface area contributed by atoms with E-state index in [9.17, 15) is 18.0 Å². The Balaban J connectivity index is 0.000000288. The third-order valence-electron chi connectivity index (χ3n) is 5.16. The number of alkyl halides is 3. The fourth-order valence-corrected chi connectivity index (χ4v) is 3.18. The molecule has 3 fully saturated rings. The highest BCUT2D eigenvalue weighted by atomic mass is 19.4. The topological polar surface area (TPSA) is 128 Å². The van der Waals surface area contributed by atoms with Crippen LogP contribution >= 0.6 is 0 Å². The minimum absolute atomic E-state index is 0.105. The van der Waals surface area contributed by atoms with Crippen molar-refractivity contribution in [2.75, 3.05) is 35.5 Å². The van der Waals surface area contributed by atoms with Crippen LogP contribution in [-0.4, -0.2) is 95.1 Å². The molecule has 0 spiro atoms. The van der Waals surface area contributed by atoms with Crippen molar-refractivity contribution in [3.8, 4) is 0 Å². The van der Waals surface area contributed by atoms with Gasteiger partial charge >= 0.3 is 18.1 Å². The number of carbonyl (C=O) groups is 2. The summed E-state index contributed by atoms with van der Waals surface area (Å²) in [5.74, 6) is -5.16. The molecule has 11 nitrogen and oxygen atoms in total. The van der Waals surface area contributed by atoms with E-state index in [2.05, 4.69) is 0 Å². The summed E-state index contributed by atoms with van der Waals surface area (Å²) in [5, 5.41) is 7.12. The molecule has 3 aliphatic rings. The monoisotopic (exact) mass is 478 g/mol. The van der Waals surface area contributed by atoms with E-state index in [1.54, 1.807) is 13.8 Å². The van der Waals surface area contributed by atoms with Crippen LogP contribution in [0.3, 0.4) is 0 Å². The lowest BCUT2D eigenvalue weighted by Crippen LogP contribution is -2.42. The Bertz CT molecular complexity index is 632. The van der Waals surface area contributed by atoms with Gasteiger partial charge in [0.1, 0.15) is 18.3 Å². The summed E-state index contributed by atoms with van der Waals surface area (Å²) in [7, 11) is 7.48. The zero-order chi connectivity index (χ0) is 24.9. The third-order valence-corrected chi connectivity index (χ3v) is 5.16. The van der Waals surface area contributed by atoms with Gasteiger partial charge in [-0.2, -0.15) is 13.2 Å². The van der Waals surface area contributed by atoms with Gasteiger partial charge < -0.3 is 43.0 Å². The average molecular weight is 478 g/mol. The van der Waals surface area contributed by atoms with Crippen molar-refractivity contribution in [1.82, 2.24) is 0 Å². The minimum Gasteiger partial charge on any atom is -0.475 e. The van der Waals surface area contributed by atoms with Crippen molar-refractivity contribution in [2.24, 2.45) is 5.92 Å². The molecule has 3 saturated heterocycles. The molecule has 1 N–H and O–H groups in total. The Morgan fingerprint density at radius 2 is 1.44 bits per heavy atom. The number of esters is 1. The van der Waals surface area contributed by atoms with Gasteiger partial charge in [-0.3, -0.25) is 4.79 Å². The third kappa shape index (κ3) is 6.73. The lowest BCUT2D eigenvalue weighted by atomic mass is 9.85. The van der Waals surface area contributed by atoms with Gasteiger partial charge in [-0.1, -0.05) is 0 Å². The molecule has 4 unspecified atom stereocenters. The molecule has 0 aromatic rings. The highest BCUT2D eigenvalue weighted by Crippen LogP contribution is 2.48. The van der Waals surface area contributed by atoms with Crippen LogP contribution in [0.2, 0.25) is 0 Å². The van der Waals surface area contributed by atoms with Gasteiger partial charge in [0.15, 0.2) is 0 Å². The summed E-state index contributed by atoms with van der Waals surface area (Å²) in [6.07, 6.45) is -5.24. The summed E-state index contributed by atoms with van der Waals surface area (Å²) >= 11 is 0. The van der Waals surface area contributed by atoms with Crippen LogP contribution in [0.25, 0.3) is 0 Å². The number of hydrogen-bond acceptors (Lipinski definition) is 10. The van der Waals surface area contributed by atoms with Gasteiger partial charge in [-0.25, -0.2) is 4.79 Å². The molecule has 3 heterocycles. The van der Waals surface area contributed by atoms with E-state index in [-0.39, 0.29) is 36.3 Å². The normalized spacial score (nSPS) is 32.9. The zero-order valence-corrected chi connectivity index (χ0v) is 18.8. The maximum Gasteiger partial charge on any atom is 0.490 e. The Kier molecular flexibility index (Phi) is 9.83. The van der Waals surface area contributed by atoms with Crippen LogP contribution in [0.4, 0.5) is 13.2 Å². The lowest BCUT2D eigenvalue weighted by molar-refractivity contribution is -0.340. The van der Waals surface area contributed by atoms with Crippen LogP contribution in [0, 0.1) is 5.92 Å². The smallest absolute Gasteiger partial charge is 0.475 e. The standard InChI is InChI=1S/C11H16O6.C5H12O3.C2HF3O2/c1-11(14-3)16-8-6-4-5(10(12)13-2)7(15-6)9(8)17-11;1-5(6-2,7-3)8-4;3-2(4,5)1(6)7/h5-9H,4H2,1-3H3;1-4H3;(H,6,7)/t5?,6?,7-,8?,9+,11?;;/m0../s1. The molecule has 0 aromatic heterocycles. The molecular formula is C18H29F3O11. The second-order valence-corrected chi connectivity index (χ2v) is 7.01. The van der Waals surface area contributed by atoms with Gasteiger partial charge in [0.2, 0.25) is 0 Å². The van der Waals surface area contributed by atoms with E-state index in [1.807, 2.05) is 0 Å². The summed E-state index contributed by atoms with van der Waals surface area (Å²) in [6.45, 7) is 3.41. The van der Waals surface area contributed by atoms with Crippen molar-refractivity contribution in [2.45, 2.75) is 62.8 Å². The predicted molar refractivity (Wildman–Crippen MR) is 97.1 cm³/mol. The Morgan fingerprint density at radius 1 is 0.969 bits per heavy atom. The SMILES string of the molecule is COC(=O)C1CC2O[C@@H]1[C@H]1OC(C)(OC)OC21.COC(C)(OC)OC.O=C(O)C(F)(F)F. The summed E-state index contributed by atoms with van der Waals surface area (Å²) in [6, 6.07) is 0. The first-order chi connectivity index (χ1) is 14.7. The highest BCUT2D eigenvalue weighted by Gasteiger charge is 2.64. The molecule has 32 heavy (non-hydrogen) atoms. The largest absolute Gasteiger partial charge is 0.490 e. The molecule has 3 rings (SSSR count). The summed E-state index contributed by atoms with van der Waals surface area (Å²) in [5.41, 5.74) is 0. The summed E-state index contributed by atoms with van der Waals surface area (Å²) in [4.78, 5) is 20.5. The van der Waals surface area contributed by atoms with Crippen molar-refractivity contribution in [1.29, 1.82) is 0 Å². The maximum atomic E-state index is 11.6. The number of halogens is 3. The molecule has 0 radical (unpaired) electrons. The number of carboxylic acids is 1. The van der Waals surface area contributed by atoms with E-state index in [0.717, 1.165) is 0 Å². The van der Waals surface area contributed by atoms with Crippen molar-refractivity contribution in [3.63, 3.8) is 0 Å². The number of methoxy groups -OCH3 is 5. The van der Waals surface area contributed by atoms with Crippen LogP contribution in [0.1, 0.15) is 20.3 Å². The van der Waals surface area contributed by atoms with Crippen LogP contribution in [0.5, 0.6) is 0 Å². The molecule has 188 valence electrons. The number of carbonyl (C=O) groups excluding carboxylic acids is 1. The second kappa shape index (κ2) is 11.0. The van der Waals surface area contributed by atoms with Crippen LogP contribution < -0.4 is 0 Å². The predicted octanol–water partition coefficient (Wildman–Crippen LogP) is 1.28. The first-order valence-corrected chi connectivity index (χ1v) is 9.30. The summed E-state index contributed by atoms with van der Waals surface area (Å²) < 4.78 is 73.1. The zero-order valence-electron chi connectivity index (χ0n) is 18.8. The van der Waals surface area contributed by atoms with Crippen molar-refractivity contribution < 1.29 is 65.8 Å². The Hall–Kier alpha value is -1.55. The molecule has 6 atom stereocenters. The van der Waals surface area contributed by atoms with E-state index >= 15 is 0 Å². The Labute approximate surface area is 182 Å². The van der Waals surface area contributed by atoms with Gasteiger partial charge in [0.25, 0.3) is 11.9 Å². The van der Waals surface area contributed by atoms with E-state index in [1.165, 1.54) is 35.5 Å². The second-order valence-electron chi connectivity index (χ2n) is 7.01.